The fourth-order valence-corrected chi connectivity index (χ4v) is 2.97. The molecule has 140 valence electrons. The van der Waals surface area contributed by atoms with Gasteiger partial charge in [0.05, 0.1) is 13.0 Å². The van der Waals surface area contributed by atoms with Crippen LogP contribution in [0.15, 0.2) is 53.6 Å². The molecule has 1 aliphatic rings. The number of nitrogens with zero attached hydrogens (tertiary/aromatic N) is 2. The fraction of sp³-hybridized carbons (Fsp3) is 0.250. The SMILES string of the molecule is CCOC(=O)C1=NN(C(=O)c2ccc(Cl)cc2)[C@@](O)(c2ccc(C)cc2)C1. The van der Waals surface area contributed by atoms with E-state index in [2.05, 4.69) is 5.10 Å². The Morgan fingerprint density at radius 2 is 1.81 bits per heavy atom. The Balaban J connectivity index is 2.03. The van der Waals surface area contributed by atoms with Gasteiger partial charge in [-0.25, -0.2) is 4.79 Å². The second-order valence-electron chi connectivity index (χ2n) is 6.25. The Morgan fingerprint density at radius 1 is 1.19 bits per heavy atom. The summed E-state index contributed by atoms with van der Waals surface area (Å²) in [7, 11) is 0. The van der Waals surface area contributed by atoms with Gasteiger partial charge in [-0.2, -0.15) is 10.1 Å². The Labute approximate surface area is 162 Å². The largest absolute Gasteiger partial charge is 0.461 e. The molecule has 2 aromatic carbocycles. The molecule has 0 spiro atoms. The summed E-state index contributed by atoms with van der Waals surface area (Å²) < 4.78 is 4.99. The van der Waals surface area contributed by atoms with Gasteiger partial charge in [-0.15, -0.1) is 0 Å². The minimum absolute atomic E-state index is 0.0118. The Morgan fingerprint density at radius 3 is 2.41 bits per heavy atom. The van der Waals surface area contributed by atoms with Crippen LogP contribution in [0.1, 0.15) is 34.8 Å². The highest BCUT2D eigenvalue weighted by molar-refractivity contribution is 6.37. The number of amides is 1. The number of rotatable bonds is 4. The van der Waals surface area contributed by atoms with E-state index < -0.39 is 17.6 Å². The van der Waals surface area contributed by atoms with Crippen molar-refractivity contribution in [1.82, 2.24) is 5.01 Å². The van der Waals surface area contributed by atoms with Gasteiger partial charge in [0, 0.05) is 16.1 Å². The van der Waals surface area contributed by atoms with Crippen LogP contribution in [0.5, 0.6) is 0 Å². The number of carbonyl (C=O) groups excluding carboxylic acids is 2. The van der Waals surface area contributed by atoms with Gasteiger partial charge in [-0.3, -0.25) is 4.79 Å². The van der Waals surface area contributed by atoms with Gasteiger partial charge in [0.1, 0.15) is 0 Å². The molecule has 0 unspecified atom stereocenters. The topological polar surface area (TPSA) is 79.2 Å². The molecule has 3 rings (SSSR count). The predicted molar refractivity (Wildman–Crippen MR) is 101 cm³/mol. The molecule has 0 aliphatic carbocycles. The van der Waals surface area contributed by atoms with Crippen LogP contribution >= 0.6 is 11.6 Å². The van der Waals surface area contributed by atoms with Crippen LogP contribution in [0.3, 0.4) is 0 Å². The zero-order chi connectivity index (χ0) is 19.6. The maximum absolute atomic E-state index is 13.0. The number of benzene rings is 2. The monoisotopic (exact) mass is 386 g/mol. The van der Waals surface area contributed by atoms with Gasteiger partial charge in [-0.05, 0) is 38.1 Å². The number of carbonyl (C=O) groups is 2. The average molecular weight is 387 g/mol. The van der Waals surface area contributed by atoms with Gasteiger partial charge in [0.15, 0.2) is 11.4 Å². The van der Waals surface area contributed by atoms with E-state index in [4.69, 9.17) is 16.3 Å². The third kappa shape index (κ3) is 3.72. The summed E-state index contributed by atoms with van der Waals surface area (Å²) in [5, 5.41) is 16.9. The van der Waals surface area contributed by atoms with Crippen molar-refractivity contribution in [3.8, 4) is 0 Å². The summed E-state index contributed by atoms with van der Waals surface area (Å²) in [4.78, 5) is 25.2. The van der Waals surface area contributed by atoms with Crippen molar-refractivity contribution in [2.75, 3.05) is 6.61 Å². The molecule has 1 amide bonds. The Hall–Kier alpha value is -2.70. The first-order valence-corrected chi connectivity index (χ1v) is 8.87. The van der Waals surface area contributed by atoms with Gasteiger partial charge in [-0.1, -0.05) is 41.4 Å². The van der Waals surface area contributed by atoms with Crippen LogP contribution in [0, 0.1) is 6.92 Å². The van der Waals surface area contributed by atoms with Crippen LogP contribution in [0.4, 0.5) is 0 Å². The molecule has 1 heterocycles. The fourth-order valence-electron chi connectivity index (χ4n) is 2.85. The number of hydrazone groups is 1. The molecule has 6 nitrogen and oxygen atoms in total. The number of hydrogen-bond donors (Lipinski definition) is 1. The number of halogens is 1. The molecule has 0 fully saturated rings. The number of hydrogen-bond acceptors (Lipinski definition) is 5. The molecule has 0 saturated heterocycles. The lowest BCUT2D eigenvalue weighted by molar-refractivity contribution is -0.135. The van der Waals surface area contributed by atoms with Crippen LogP contribution in [0.2, 0.25) is 5.02 Å². The highest BCUT2D eigenvalue weighted by Gasteiger charge is 2.48. The quantitative estimate of drug-likeness (QED) is 0.818. The van der Waals surface area contributed by atoms with Crippen LogP contribution in [-0.4, -0.2) is 34.3 Å². The summed E-state index contributed by atoms with van der Waals surface area (Å²) in [5.41, 5.74) is -0.0473. The van der Waals surface area contributed by atoms with Crippen LogP contribution in [0.25, 0.3) is 0 Å². The summed E-state index contributed by atoms with van der Waals surface area (Å²) in [6, 6.07) is 13.3. The molecular formula is C20H19ClN2O4. The maximum Gasteiger partial charge on any atom is 0.354 e. The molecular weight excluding hydrogens is 368 g/mol. The van der Waals surface area contributed by atoms with Gasteiger partial charge < -0.3 is 9.84 Å². The van der Waals surface area contributed by atoms with E-state index in [9.17, 15) is 14.7 Å². The van der Waals surface area contributed by atoms with Crippen LogP contribution < -0.4 is 0 Å². The second kappa shape index (κ2) is 7.50. The average Bonchev–Trinajstić information content (AvgIpc) is 3.01. The van der Waals surface area contributed by atoms with E-state index in [1.165, 1.54) is 12.1 Å². The van der Waals surface area contributed by atoms with Gasteiger partial charge in [0.2, 0.25) is 0 Å². The minimum Gasteiger partial charge on any atom is -0.461 e. The number of ether oxygens (including phenoxy) is 1. The molecule has 0 radical (unpaired) electrons. The van der Waals surface area contributed by atoms with Crippen molar-refractivity contribution >= 4 is 29.2 Å². The van der Waals surface area contributed by atoms with Crippen molar-refractivity contribution < 1.29 is 19.4 Å². The molecule has 1 atom stereocenters. The first-order chi connectivity index (χ1) is 12.8. The second-order valence-corrected chi connectivity index (χ2v) is 6.69. The zero-order valence-corrected chi connectivity index (χ0v) is 15.7. The van der Waals surface area contributed by atoms with E-state index in [1.54, 1.807) is 31.2 Å². The summed E-state index contributed by atoms with van der Waals surface area (Å²) in [5.74, 6) is -1.21. The van der Waals surface area contributed by atoms with Crippen molar-refractivity contribution in [1.29, 1.82) is 0 Å². The third-order valence-electron chi connectivity index (χ3n) is 4.29. The Bertz CT molecular complexity index is 893. The van der Waals surface area contributed by atoms with Gasteiger partial charge in [0.25, 0.3) is 5.91 Å². The molecule has 1 N–H and O–H groups in total. The maximum atomic E-state index is 13.0. The lowest BCUT2D eigenvalue weighted by Gasteiger charge is -2.31. The van der Waals surface area contributed by atoms with Crippen molar-refractivity contribution in [2.45, 2.75) is 26.0 Å². The summed E-state index contributed by atoms with van der Waals surface area (Å²) in [6.45, 7) is 3.77. The highest BCUT2D eigenvalue weighted by atomic mass is 35.5. The molecule has 1 aliphatic heterocycles. The van der Waals surface area contributed by atoms with Crippen LogP contribution in [-0.2, 0) is 15.3 Å². The smallest absolute Gasteiger partial charge is 0.354 e. The molecule has 0 saturated carbocycles. The first-order valence-electron chi connectivity index (χ1n) is 8.49. The predicted octanol–water partition coefficient (Wildman–Crippen LogP) is 3.26. The van der Waals surface area contributed by atoms with E-state index in [0.717, 1.165) is 10.6 Å². The van der Waals surface area contributed by atoms with Crippen molar-refractivity contribution in [3.63, 3.8) is 0 Å². The third-order valence-corrected chi connectivity index (χ3v) is 4.55. The van der Waals surface area contributed by atoms with E-state index in [0.29, 0.717) is 16.1 Å². The molecule has 27 heavy (non-hydrogen) atoms. The molecule has 2 aromatic rings. The normalized spacial score (nSPS) is 19.0. The van der Waals surface area contributed by atoms with Gasteiger partial charge >= 0.3 is 5.97 Å². The minimum atomic E-state index is -1.79. The lowest BCUT2D eigenvalue weighted by atomic mass is 9.96. The zero-order valence-electron chi connectivity index (χ0n) is 15.0. The number of aryl methyl sites for hydroxylation is 1. The van der Waals surface area contributed by atoms with E-state index in [1.807, 2.05) is 19.1 Å². The Kier molecular flexibility index (Phi) is 5.30. The standard InChI is InChI=1S/C20H19ClN2O4/c1-3-27-19(25)17-12-20(26,15-8-4-13(2)5-9-15)23(22-17)18(24)14-6-10-16(21)11-7-14/h4-11,26H,3,12H2,1-2H3/t20-/m0/s1. The van der Waals surface area contributed by atoms with E-state index >= 15 is 0 Å². The molecule has 0 bridgehead atoms. The number of aliphatic hydroxyl groups is 1. The molecule has 7 heteroatoms. The summed E-state index contributed by atoms with van der Waals surface area (Å²) in [6.07, 6.45) is -0.159. The highest BCUT2D eigenvalue weighted by Crippen LogP contribution is 2.37. The first kappa shape index (κ1) is 19.1. The van der Waals surface area contributed by atoms with E-state index in [-0.39, 0.29) is 18.7 Å². The van der Waals surface area contributed by atoms with Crippen molar-refractivity contribution in [2.24, 2.45) is 5.10 Å². The summed E-state index contributed by atoms with van der Waals surface area (Å²) >= 11 is 5.88. The van der Waals surface area contributed by atoms with Crippen molar-refractivity contribution in [3.05, 3.63) is 70.2 Å². The molecule has 0 aromatic heterocycles. The number of esters is 1. The lowest BCUT2D eigenvalue weighted by Crippen LogP contribution is -2.43.